The molecule has 0 amide bonds. The van der Waals surface area contributed by atoms with Crippen molar-refractivity contribution in [1.82, 2.24) is 10.1 Å². The van der Waals surface area contributed by atoms with Crippen LogP contribution < -0.4 is 9.52 Å². The molecule has 1 aromatic carbocycles. The minimum absolute atomic E-state index is 0.210. The third kappa shape index (κ3) is 2.87. The second-order valence-electron chi connectivity index (χ2n) is 4.04. The fourth-order valence-corrected chi connectivity index (χ4v) is 1.76. The predicted molar refractivity (Wildman–Crippen MR) is 55.2 cm³/mol. The van der Waals surface area contributed by atoms with Crippen LogP contribution in [0.25, 0.3) is 11.0 Å². The summed E-state index contributed by atoms with van der Waals surface area (Å²) in [6.07, 6.45) is -10.2. The molecule has 13 heteroatoms. The Balaban J connectivity index is 2.81. The minimum Gasteiger partial charge on any atom is -0.258 e. The number of alkyl halides is 6. The van der Waals surface area contributed by atoms with Gasteiger partial charge >= 0.3 is 18.2 Å². The quantitative estimate of drug-likeness (QED) is 0.364. The minimum atomic E-state index is -5.24. The summed E-state index contributed by atoms with van der Waals surface area (Å²) in [5, 5.41) is 14.0. The van der Waals surface area contributed by atoms with E-state index in [4.69, 9.17) is 0 Å². The van der Waals surface area contributed by atoms with Gasteiger partial charge in [0.15, 0.2) is 0 Å². The van der Waals surface area contributed by atoms with Crippen LogP contribution in [-0.2, 0) is 13.2 Å². The van der Waals surface area contributed by atoms with Gasteiger partial charge in [0.05, 0.1) is 15.3 Å². The maximum atomic E-state index is 12.7. The first-order valence-corrected chi connectivity index (χ1v) is 5.31. The Labute approximate surface area is 116 Å². The molecule has 0 radical (unpaired) electrons. The third-order valence-corrected chi connectivity index (χ3v) is 2.53. The smallest absolute Gasteiger partial charge is 0.258 e. The van der Waals surface area contributed by atoms with Crippen molar-refractivity contribution < 1.29 is 40.8 Å². The lowest BCUT2D eigenvalue weighted by Gasteiger charge is -2.05. The molecule has 120 valence electrons. The van der Waals surface area contributed by atoms with Crippen LogP contribution in [0.4, 0.5) is 32.0 Å². The molecule has 0 N–H and O–H groups in total. The molecule has 1 aromatic heterocycles. The van der Waals surface area contributed by atoms with Crippen LogP contribution in [0.2, 0.25) is 0 Å². The highest BCUT2D eigenvalue weighted by Gasteiger charge is 2.41. The summed E-state index contributed by atoms with van der Waals surface area (Å²) in [6, 6.07) is 0.489. The van der Waals surface area contributed by atoms with Gasteiger partial charge in [-0.2, -0.15) is 13.2 Å². The largest absolute Gasteiger partial charge is 0.610 e. The number of benzene rings is 1. The number of aromatic nitrogens is 3. The van der Waals surface area contributed by atoms with Crippen LogP contribution in [0.5, 0.6) is 0 Å². The van der Waals surface area contributed by atoms with Crippen molar-refractivity contribution in [3.05, 3.63) is 27.8 Å². The molecule has 22 heavy (non-hydrogen) atoms. The van der Waals surface area contributed by atoms with Crippen LogP contribution in [-0.4, -0.2) is 21.3 Å². The highest BCUT2D eigenvalue weighted by molar-refractivity contribution is 5.82. The summed E-state index contributed by atoms with van der Waals surface area (Å²) in [5.41, 5.74) is -3.95. The molecule has 2 aromatic rings. The number of halogens is 6. The van der Waals surface area contributed by atoms with Crippen LogP contribution in [0.15, 0.2) is 12.1 Å². The van der Waals surface area contributed by atoms with Crippen LogP contribution in [0, 0.1) is 10.1 Å². The highest BCUT2D eigenvalue weighted by atomic mass is 19.4. The molecule has 0 aliphatic rings. The molecule has 0 spiro atoms. The topological polar surface area (TPSA) is 74.1 Å². The van der Waals surface area contributed by atoms with Gasteiger partial charge in [0, 0.05) is 12.1 Å². The Morgan fingerprint density at radius 2 is 1.86 bits per heavy atom. The zero-order valence-electron chi connectivity index (χ0n) is 10.4. The van der Waals surface area contributed by atoms with Gasteiger partial charge in [-0.15, -0.1) is 17.9 Å². The Kier molecular flexibility index (Phi) is 3.38. The van der Waals surface area contributed by atoms with Gasteiger partial charge in [-0.25, -0.2) is 4.84 Å². The molecule has 0 unspecified atom stereocenters. The number of hydrogen-bond acceptors (Lipinski definition) is 4. The maximum absolute atomic E-state index is 12.7. The van der Waals surface area contributed by atoms with E-state index in [1.807, 2.05) is 0 Å². The summed E-state index contributed by atoms with van der Waals surface area (Å²) in [4.78, 5) is 12.9. The Bertz CT molecular complexity index is 750. The van der Waals surface area contributed by atoms with E-state index in [0.717, 1.165) is 7.05 Å². The fraction of sp³-hybridized carbons (Fsp3) is 0.333. The first-order valence-electron chi connectivity index (χ1n) is 5.31. The van der Waals surface area contributed by atoms with Gasteiger partial charge in [0.2, 0.25) is 0 Å². The van der Waals surface area contributed by atoms with Crippen LogP contribution in [0.3, 0.4) is 0 Å². The van der Waals surface area contributed by atoms with E-state index >= 15 is 0 Å². The van der Waals surface area contributed by atoms with Gasteiger partial charge in [0.25, 0.3) is 11.0 Å². The number of aryl methyl sites for hydroxylation is 1. The first-order chi connectivity index (χ1) is 9.90. The lowest BCUT2D eigenvalue weighted by molar-refractivity contribution is -0.713. The normalized spacial score (nSPS) is 12.7. The number of nitrogens with zero attached hydrogens (tertiary/aromatic N) is 4. The number of nitro benzene ring substituents is 1. The summed E-state index contributed by atoms with van der Waals surface area (Å²) in [7, 11) is 1.03. The zero-order chi connectivity index (χ0) is 16.9. The molecule has 0 aliphatic heterocycles. The van der Waals surface area contributed by atoms with Gasteiger partial charge in [-0.1, -0.05) is 0 Å². The van der Waals surface area contributed by atoms with E-state index in [1.165, 1.54) is 0 Å². The van der Waals surface area contributed by atoms with E-state index in [-0.39, 0.29) is 17.0 Å². The molecule has 2 rings (SSSR count). The molecule has 0 saturated heterocycles. The van der Waals surface area contributed by atoms with E-state index in [1.54, 1.807) is 0 Å². The average molecular weight is 331 g/mol. The SMILES string of the molecule is C[n+]1nn(OC(F)(F)F)c2cc(C(F)(F)F)cc([N+](=O)[O-])c21. The van der Waals surface area contributed by atoms with Crippen molar-refractivity contribution in [3.8, 4) is 0 Å². The standard InChI is InChI=1S/C9H5F6N4O3/c1-17-7-5(18(16-17)22-9(13,14)15)2-4(8(10,11)12)3-6(7)19(20)21/h2-3H,1H3/q+1. The van der Waals surface area contributed by atoms with Crippen LogP contribution >= 0.6 is 0 Å². The molecule has 0 atom stereocenters. The van der Waals surface area contributed by atoms with Gasteiger partial charge in [0.1, 0.15) is 12.3 Å². The number of nitro groups is 1. The molecule has 0 aliphatic carbocycles. The van der Waals surface area contributed by atoms with E-state index in [0.29, 0.717) is 4.68 Å². The summed E-state index contributed by atoms with van der Waals surface area (Å²) < 4.78 is 75.4. The van der Waals surface area contributed by atoms with Crippen molar-refractivity contribution in [2.45, 2.75) is 12.5 Å². The second kappa shape index (κ2) is 4.71. The molecule has 1 heterocycles. The van der Waals surface area contributed by atoms with Crippen molar-refractivity contribution in [1.29, 1.82) is 0 Å². The molecule has 7 nitrogen and oxygen atoms in total. The van der Waals surface area contributed by atoms with Crippen molar-refractivity contribution >= 4 is 16.7 Å². The molecule has 0 saturated carbocycles. The first kappa shape index (κ1) is 15.8. The number of fused-ring (bicyclic) bond motifs is 1. The third-order valence-electron chi connectivity index (χ3n) is 2.53. The van der Waals surface area contributed by atoms with Crippen molar-refractivity contribution in [2.75, 3.05) is 0 Å². The van der Waals surface area contributed by atoms with Crippen LogP contribution in [0.1, 0.15) is 5.56 Å². The van der Waals surface area contributed by atoms with Crippen molar-refractivity contribution in [2.24, 2.45) is 7.05 Å². The second-order valence-corrected chi connectivity index (χ2v) is 4.04. The lowest BCUT2D eigenvalue weighted by atomic mass is 10.1. The highest BCUT2D eigenvalue weighted by Crippen LogP contribution is 2.35. The predicted octanol–water partition coefficient (Wildman–Crippen LogP) is 1.74. The van der Waals surface area contributed by atoms with Crippen molar-refractivity contribution in [3.63, 3.8) is 0 Å². The Morgan fingerprint density at radius 3 is 2.32 bits per heavy atom. The molecule has 0 fully saturated rings. The monoisotopic (exact) mass is 331 g/mol. The number of rotatable bonds is 2. The van der Waals surface area contributed by atoms with E-state index < -0.39 is 39.7 Å². The molecular weight excluding hydrogens is 326 g/mol. The number of non-ortho nitro benzene ring substituents is 1. The Hall–Kier alpha value is -2.60. The van der Waals surface area contributed by atoms with E-state index in [9.17, 15) is 36.5 Å². The summed E-state index contributed by atoms with van der Waals surface area (Å²) in [5.74, 6) is 0. The average Bonchev–Trinajstić information content (AvgIpc) is 2.62. The maximum Gasteiger partial charge on any atom is 0.610 e. The van der Waals surface area contributed by atoms with Gasteiger partial charge < -0.3 is 0 Å². The molecular formula is C9H5F6N4O3+. The van der Waals surface area contributed by atoms with E-state index in [2.05, 4.69) is 10.1 Å². The molecule has 0 bridgehead atoms. The lowest BCUT2D eigenvalue weighted by Crippen LogP contribution is -2.35. The van der Waals surface area contributed by atoms with Gasteiger partial charge in [-0.05, 0) is 0 Å². The van der Waals surface area contributed by atoms with Gasteiger partial charge in [-0.3, -0.25) is 10.1 Å². The zero-order valence-corrected chi connectivity index (χ0v) is 10.4. The summed E-state index contributed by atoms with van der Waals surface area (Å²) in [6.45, 7) is 0. The fourth-order valence-electron chi connectivity index (χ4n) is 1.76. The Morgan fingerprint density at radius 1 is 1.27 bits per heavy atom. The number of hydrogen-bond donors (Lipinski definition) is 0. The summed E-state index contributed by atoms with van der Waals surface area (Å²) >= 11 is 0.